The summed E-state index contributed by atoms with van der Waals surface area (Å²) >= 11 is 0. The van der Waals surface area contributed by atoms with Gasteiger partial charge in [0.25, 0.3) is 5.91 Å². The van der Waals surface area contributed by atoms with Gasteiger partial charge in [-0.1, -0.05) is 18.2 Å². The number of hydrogen-bond acceptors (Lipinski definition) is 4. The molecule has 0 aromatic heterocycles. The van der Waals surface area contributed by atoms with Gasteiger partial charge in [0.05, 0.1) is 6.54 Å². The van der Waals surface area contributed by atoms with Crippen LogP contribution in [0.25, 0.3) is 0 Å². The van der Waals surface area contributed by atoms with Crippen LogP contribution < -0.4 is 15.5 Å². The topological polar surface area (TPSA) is 70.7 Å². The lowest BCUT2D eigenvalue weighted by molar-refractivity contribution is -0.147. The third kappa shape index (κ3) is 3.09. The van der Waals surface area contributed by atoms with Crippen molar-refractivity contribution in [3.05, 3.63) is 29.8 Å². The first kappa shape index (κ1) is 16.0. The molecule has 2 aliphatic rings. The number of carbonyl (C=O) groups excluding carboxylic acids is 2. The van der Waals surface area contributed by atoms with Crippen LogP contribution in [0.3, 0.4) is 0 Å². The number of fused-ring (bicyclic) bond motifs is 1. The first-order valence-corrected chi connectivity index (χ1v) is 8.09. The Morgan fingerprint density at radius 1 is 1.30 bits per heavy atom. The maximum Gasteiger partial charge on any atom is 0.252 e. The van der Waals surface area contributed by atoms with E-state index < -0.39 is 5.60 Å². The SMILES string of the molecule is COC1(C(=O)NCC(=O)N2CCc3ccccc32)CCNCC1. The summed E-state index contributed by atoms with van der Waals surface area (Å²) in [6, 6.07) is 7.90. The lowest BCUT2D eigenvalue weighted by Crippen LogP contribution is -2.55. The Morgan fingerprint density at radius 2 is 2.04 bits per heavy atom. The van der Waals surface area contributed by atoms with Crippen molar-refractivity contribution in [2.45, 2.75) is 24.9 Å². The second-order valence-corrected chi connectivity index (χ2v) is 6.06. The molecule has 23 heavy (non-hydrogen) atoms. The Kier molecular flexibility index (Phi) is 4.63. The Hall–Kier alpha value is -1.92. The van der Waals surface area contributed by atoms with E-state index in [9.17, 15) is 9.59 Å². The van der Waals surface area contributed by atoms with Crippen molar-refractivity contribution < 1.29 is 14.3 Å². The molecule has 1 aromatic rings. The van der Waals surface area contributed by atoms with Gasteiger partial charge in [0, 0.05) is 19.3 Å². The molecule has 0 radical (unpaired) electrons. The number of nitrogens with one attached hydrogen (secondary N) is 2. The van der Waals surface area contributed by atoms with Crippen LogP contribution in [0.5, 0.6) is 0 Å². The predicted octanol–water partition coefficient (Wildman–Crippen LogP) is 0.461. The van der Waals surface area contributed by atoms with E-state index >= 15 is 0 Å². The Labute approximate surface area is 136 Å². The summed E-state index contributed by atoms with van der Waals surface area (Å²) in [7, 11) is 1.56. The Morgan fingerprint density at radius 3 is 2.78 bits per heavy atom. The van der Waals surface area contributed by atoms with Gasteiger partial charge in [-0.25, -0.2) is 0 Å². The smallest absolute Gasteiger partial charge is 0.252 e. The van der Waals surface area contributed by atoms with E-state index in [1.807, 2.05) is 24.3 Å². The maximum absolute atomic E-state index is 12.5. The normalized spacial score (nSPS) is 19.3. The molecule has 0 aliphatic carbocycles. The maximum atomic E-state index is 12.5. The van der Waals surface area contributed by atoms with Gasteiger partial charge < -0.3 is 20.3 Å². The highest BCUT2D eigenvalue weighted by molar-refractivity contribution is 5.99. The number of rotatable bonds is 4. The molecule has 2 amide bonds. The van der Waals surface area contributed by atoms with Crippen LogP contribution in [0.1, 0.15) is 18.4 Å². The number of anilines is 1. The van der Waals surface area contributed by atoms with E-state index in [2.05, 4.69) is 10.6 Å². The van der Waals surface area contributed by atoms with E-state index in [-0.39, 0.29) is 18.4 Å². The second-order valence-electron chi connectivity index (χ2n) is 6.06. The lowest BCUT2D eigenvalue weighted by Gasteiger charge is -2.34. The first-order valence-electron chi connectivity index (χ1n) is 8.09. The molecule has 2 heterocycles. The summed E-state index contributed by atoms with van der Waals surface area (Å²) in [4.78, 5) is 26.7. The van der Waals surface area contributed by atoms with Crippen LogP contribution in [0.2, 0.25) is 0 Å². The summed E-state index contributed by atoms with van der Waals surface area (Å²) in [6.45, 7) is 2.17. The molecule has 1 fully saturated rings. The van der Waals surface area contributed by atoms with Crippen molar-refractivity contribution in [1.82, 2.24) is 10.6 Å². The lowest BCUT2D eigenvalue weighted by atomic mass is 9.91. The third-order valence-electron chi connectivity index (χ3n) is 4.80. The molecule has 0 bridgehead atoms. The van der Waals surface area contributed by atoms with E-state index in [0.29, 0.717) is 19.4 Å². The number of methoxy groups -OCH3 is 1. The van der Waals surface area contributed by atoms with Crippen LogP contribution in [-0.2, 0) is 20.7 Å². The van der Waals surface area contributed by atoms with Crippen LogP contribution in [-0.4, -0.2) is 50.7 Å². The van der Waals surface area contributed by atoms with Gasteiger partial charge >= 0.3 is 0 Å². The van der Waals surface area contributed by atoms with Crippen molar-refractivity contribution in [3.63, 3.8) is 0 Å². The zero-order valence-corrected chi connectivity index (χ0v) is 13.4. The average Bonchev–Trinajstić information content (AvgIpc) is 3.04. The van der Waals surface area contributed by atoms with E-state index in [4.69, 9.17) is 4.74 Å². The minimum atomic E-state index is -0.811. The monoisotopic (exact) mass is 317 g/mol. The summed E-state index contributed by atoms with van der Waals surface area (Å²) in [5.74, 6) is -0.272. The highest BCUT2D eigenvalue weighted by atomic mass is 16.5. The summed E-state index contributed by atoms with van der Waals surface area (Å²) < 4.78 is 5.48. The molecule has 0 spiro atoms. The highest BCUT2D eigenvalue weighted by Gasteiger charge is 2.40. The third-order valence-corrected chi connectivity index (χ3v) is 4.80. The van der Waals surface area contributed by atoms with Crippen LogP contribution >= 0.6 is 0 Å². The van der Waals surface area contributed by atoms with Crippen molar-refractivity contribution in [2.24, 2.45) is 0 Å². The summed E-state index contributed by atoms with van der Waals surface area (Å²) in [5, 5.41) is 5.98. The molecule has 1 saturated heterocycles. The average molecular weight is 317 g/mol. The number of hydrogen-bond donors (Lipinski definition) is 2. The molecule has 0 saturated carbocycles. The van der Waals surface area contributed by atoms with E-state index in [1.54, 1.807) is 12.0 Å². The number of piperidine rings is 1. The standard InChI is InChI=1S/C17H23N3O3/c1-23-17(7-9-18-10-8-17)16(22)19-12-15(21)20-11-6-13-4-2-3-5-14(13)20/h2-5,18H,6-12H2,1H3,(H,19,22). The van der Waals surface area contributed by atoms with Gasteiger partial charge in [0.2, 0.25) is 5.91 Å². The van der Waals surface area contributed by atoms with Crippen LogP contribution in [0.4, 0.5) is 5.69 Å². The fourth-order valence-corrected chi connectivity index (χ4v) is 3.36. The molecule has 3 rings (SSSR count). The van der Waals surface area contributed by atoms with Gasteiger partial charge in [0.15, 0.2) is 0 Å². The van der Waals surface area contributed by atoms with Gasteiger partial charge in [-0.2, -0.15) is 0 Å². The van der Waals surface area contributed by atoms with Crippen molar-refractivity contribution in [1.29, 1.82) is 0 Å². The first-order chi connectivity index (χ1) is 11.2. The van der Waals surface area contributed by atoms with E-state index in [0.717, 1.165) is 25.2 Å². The van der Waals surface area contributed by atoms with Gasteiger partial charge in [0.1, 0.15) is 5.60 Å². The molecule has 0 atom stereocenters. The fourth-order valence-electron chi connectivity index (χ4n) is 3.36. The van der Waals surface area contributed by atoms with Gasteiger partial charge in [-0.3, -0.25) is 9.59 Å². The van der Waals surface area contributed by atoms with Crippen molar-refractivity contribution in [3.8, 4) is 0 Å². The number of nitrogens with zero attached hydrogens (tertiary/aromatic N) is 1. The van der Waals surface area contributed by atoms with Crippen molar-refractivity contribution in [2.75, 3.05) is 38.2 Å². The molecular formula is C17H23N3O3. The van der Waals surface area contributed by atoms with Crippen molar-refractivity contribution >= 4 is 17.5 Å². The van der Waals surface area contributed by atoms with Crippen LogP contribution in [0.15, 0.2) is 24.3 Å². The molecule has 2 aliphatic heterocycles. The summed E-state index contributed by atoms with van der Waals surface area (Å²) in [5.41, 5.74) is 1.32. The fraction of sp³-hybridized carbons (Fsp3) is 0.529. The zero-order valence-electron chi connectivity index (χ0n) is 13.4. The molecular weight excluding hydrogens is 294 g/mol. The number of para-hydroxylation sites is 1. The molecule has 6 heteroatoms. The largest absolute Gasteiger partial charge is 0.368 e. The molecule has 6 nitrogen and oxygen atoms in total. The minimum absolute atomic E-state index is 0.00566. The van der Waals surface area contributed by atoms with Crippen LogP contribution in [0, 0.1) is 0 Å². The highest BCUT2D eigenvalue weighted by Crippen LogP contribution is 2.27. The minimum Gasteiger partial charge on any atom is -0.368 e. The number of amides is 2. The molecule has 2 N–H and O–H groups in total. The molecule has 1 aromatic carbocycles. The second kappa shape index (κ2) is 6.68. The number of benzene rings is 1. The molecule has 0 unspecified atom stereocenters. The number of ether oxygens (including phenoxy) is 1. The number of carbonyl (C=O) groups is 2. The zero-order chi connectivity index (χ0) is 16.3. The predicted molar refractivity (Wildman–Crippen MR) is 87.4 cm³/mol. The summed E-state index contributed by atoms with van der Waals surface area (Å²) in [6.07, 6.45) is 2.11. The Bertz CT molecular complexity index is 597. The van der Waals surface area contributed by atoms with Gasteiger partial charge in [-0.15, -0.1) is 0 Å². The Balaban J connectivity index is 1.60. The molecule has 124 valence electrons. The van der Waals surface area contributed by atoms with E-state index in [1.165, 1.54) is 5.56 Å². The van der Waals surface area contributed by atoms with Gasteiger partial charge in [-0.05, 0) is 44.0 Å². The quantitative estimate of drug-likeness (QED) is 0.846.